The molecule has 1 aliphatic heterocycles. The van der Waals surface area contributed by atoms with Crippen molar-refractivity contribution in [3.05, 3.63) is 72.3 Å². The Morgan fingerprint density at radius 3 is 2.42 bits per heavy atom. The van der Waals surface area contributed by atoms with Crippen molar-refractivity contribution in [3.63, 3.8) is 0 Å². The number of hydrogen-bond acceptors (Lipinski definition) is 6. The molecule has 1 aromatic carbocycles. The molecule has 0 saturated carbocycles. The van der Waals surface area contributed by atoms with Gasteiger partial charge in [0.25, 0.3) is 0 Å². The average Bonchev–Trinajstić information content (AvgIpc) is 3.25. The van der Waals surface area contributed by atoms with Crippen LogP contribution in [-0.2, 0) is 27.3 Å². The summed E-state index contributed by atoms with van der Waals surface area (Å²) in [4.78, 5) is 24.0. The van der Waals surface area contributed by atoms with Gasteiger partial charge in [-0.25, -0.2) is 27.2 Å². The monoisotopic (exact) mass is 523 g/mol. The molecule has 0 bridgehead atoms. The molecule has 1 saturated heterocycles. The molecule has 2 atom stereocenters. The number of hydrogen-bond donors (Lipinski definition) is 1. The summed E-state index contributed by atoms with van der Waals surface area (Å²) in [6.07, 6.45) is 2.01. The lowest BCUT2D eigenvalue weighted by atomic mass is 10.1. The van der Waals surface area contributed by atoms with Crippen LogP contribution < -0.4 is 5.32 Å². The van der Waals surface area contributed by atoms with Gasteiger partial charge in [-0.15, -0.1) is 0 Å². The zero-order valence-electron chi connectivity index (χ0n) is 18.9. The third-order valence-electron chi connectivity index (χ3n) is 5.61. The number of halogens is 4. The highest BCUT2D eigenvalue weighted by molar-refractivity contribution is 7.89. The second-order valence-corrected chi connectivity index (χ2v) is 10.1. The summed E-state index contributed by atoms with van der Waals surface area (Å²) in [7, 11) is -4.24. The van der Waals surface area contributed by atoms with E-state index >= 15 is 0 Å². The van der Waals surface area contributed by atoms with E-state index in [0.717, 1.165) is 28.6 Å². The van der Waals surface area contributed by atoms with E-state index in [1.165, 1.54) is 18.6 Å². The van der Waals surface area contributed by atoms with E-state index in [1.54, 1.807) is 12.1 Å². The second-order valence-electron chi connectivity index (χ2n) is 8.26. The molecule has 0 spiro atoms. The summed E-state index contributed by atoms with van der Waals surface area (Å²) in [5.41, 5.74) is 1.34. The minimum absolute atomic E-state index is 0.147. The Balaban J connectivity index is 1.47. The Labute approximate surface area is 204 Å². The molecule has 3 aromatic rings. The van der Waals surface area contributed by atoms with Crippen LogP contribution in [0.2, 0.25) is 0 Å². The fourth-order valence-corrected chi connectivity index (χ4v) is 5.40. The third-order valence-corrected chi connectivity index (χ3v) is 7.50. The topological polar surface area (TPSA) is 105 Å². The molecule has 36 heavy (non-hydrogen) atoms. The van der Waals surface area contributed by atoms with E-state index in [0.29, 0.717) is 23.7 Å². The summed E-state index contributed by atoms with van der Waals surface area (Å²) >= 11 is 0. The average molecular weight is 524 g/mol. The number of aromatic nitrogens is 3. The lowest BCUT2D eigenvalue weighted by Gasteiger charge is -2.24. The number of rotatable bonds is 7. The van der Waals surface area contributed by atoms with Gasteiger partial charge in [-0.05, 0) is 48.4 Å². The largest absolute Gasteiger partial charge is 0.349 e. The maximum Gasteiger partial charge on any atom is 0.303 e. The van der Waals surface area contributed by atoms with Crippen molar-refractivity contribution in [2.75, 3.05) is 6.54 Å². The predicted octanol–water partition coefficient (Wildman–Crippen LogP) is 3.21. The summed E-state index contributed by atoms with van der Waals surface area (Å²) in [6, 6.07) is 5.61. The zero-order valence-corrected chi connectivity index (χ0v) is 19.7. The number of carbonyl (C=O) groups excluding carboxylic acids is 1. The fraction of sp³-hybridized carbons (Fsp3) is 0.304. The van der Waals surface area contributed by atoms with Crippen LogP contribution in [0.3, 0.4) is 0 Å². The molecule has 8 nitrogen and oxygen atoms in total. The van der Waals surface area contributed by atoms with Crippen LogP contribution in [0.1, 0.15) is 24.9 Å². The van der Waals surface area contributed by atoms with Gasteiger partial charge in [-0.3, -0.25) is 9.78 Å². The molecule has 190 valence electrons. The minimum atomic E-state index is -4.24. The predicted molar refractivity (Wildman–Crippen MR) is 120 cm³/mol. The smallest absolute Gasteiger partial charge is 0.303 e. The summed E-state index contributed by atoms with van der Waals surface area (Å²) < 4.78 is 81.2. The summed E-state index contributed by atoms with van der Waals surface area (Å²) in [5.74, 6) is -5.28. The van der Waals surface area contributed by atoms with Gasteiger partial charge in [0, 0.05) is 37.6 Å². The first-order valence-electron chi connectivity index (χ1n) is 10.8. The normalized spacial score (nSPS) is 18.8. The molecule has 3 heterocycles. The minimum Gasteiger partial charge on any atom is -0.349 e. The van der Waals surface area contributed by atoms with Crippen LogP contribution in [0.15, 0.2) is 59.9 Å². The van der Waals surface area contributed by atoms with E-state index < -0.39 is 45.7 Å². The van der Waals surface area contributed by atoms with Crippen LogP contribution in [0.5, 0.6) is 0 Å². The molecule has 1 amide bonds. The molecule has 2 aromatic heterocycles. The Morgan fingerprint density at radius 1 is 1.11 bits per heavy atom. The molecule has 4 rings (SSSR count). The molecular formula is C23H21F4N5O3S. The first-order valence-corrected chi connectivity index (χ1v) is 12.3. The third kappa shape index (κ3) is 5.36. The zero-order chi connectivity index (χ0) is 26.1. The van der Waals surface area contributed by atoms with Gasteiger partial charge in [0.05, 0.1) is 17.1 Å². The highest BCUT2D eigenvalue weighted by Crippen LogP contribution is 2.29. The number of benzene rings is 1. The van der Waals surface area contributed by atoms with E-state index in [-0.39, 0.29) is 24.4 Å². The quantitative estimate of drug-likeness (QED) is 0.477. The van der Waals surface area contributed by atoms with Crippen molar-refractivity contribution in [1.29, 1.82) is 0 Å². The molecule has 13 heteroatoms. The van der Waals surface area contributed by atoms with Crippen molar-refractivity contribution < 1.29 is 30.8 Å². The Bertz CT molecular complexity index is 1350. The Morgan fingerprint density at radius 2 is 1.78 bits per heavy atom. The van der Waals surface area contributed by atoms with Crippen LogP contribution in [0.25, 0.3) is 11.1 Å². The van der Waals surface area contributed by atoms with Crippen molar-refractivity contribution >= 4 is 15.9 Å². The highest BCUT2D eigenvalue weighted by atomic mass is 32.2. The number of amides is 1. The SMILES string of the molecule is CC(F)(F)c1ncc(-c2ccnc(CNC(=O)[C@@H]3[C@@H](F)CCN3S(=O)(=O)c3ccc(F)cc3)c2)cn1. The van der Waals surface area contributed by atoms with Crippen molar-refractivity contribution in [2.45, 2.75) is 42.9 Å². The van der Waals surface area contributed by atoms with Crippen molar-refractivity contribution in [3.8, 4) is 11.1 Å². The van der Waals surface area contributed by atoms with Gasteiger partial charge in [-0.1, -0.05) is 0 Å². The maximum absolute atomic E-state index is 14.6. The van der Waals surface area contributed by atoms with Gasteiger partial charge in [0.2, 0.25) is 15.9 Å². The molecule has 0 radical (unpaired) electrons. The van der Waals surface area contributed by atoms with Gasteiger partial charge in [0.1, 0.15) is 18.0 Å². The lowest BCUT2D eigenvalue weighted by Crippen LogP contribution is -2.49. The Kier molecular flexibility index (Phi) is 7.05. The fourth-order valence-electron chi connectivity index (χ4n) is 3.78. The standard InChI is InChI=1S/C23H21F4N5O3S/c1-23(26,27)22-30-11-15(12-31-22)14-6-8-28-17(10-14)13-29-21(33)20-19(25)7-9-32(20)36(34,35)18-4-2-16(24)3-5-18/h2-6,8,10-12,19-20H,7,9,13H2,1H3,(H,29,33)/t19-,20-/m0/s1. The summed E-state index contributed by atoms with van der Waals surface area (Å²) in [5, 5.41) is 2.50. The number of carbonyl (C=O) groups is 1. The summed E-state index contributed by atoms with van der Waals surface area (Å²) in [6.45, 7) is 0.333. The van der Waals surface area contributed by atoms with Crippen LogP contribution in [-0.4, -0.2) is 52.3 Å². The van der Waals surface area contributed by atoms with Gasteiger partial charge >= 0.3 is 5.92 Å². The van der Waals surface area contributed by atoms with E-state index in [9.17, 15) is 30.8 Å². The molecule has 1 N–H and O–H groups in total. The number of nitrogens with zero attached hydrogens (tertiary/aromatic N) is 4. The molecule has 0 aliphatic carbocycles. The van der Waals surface area contributed by atoms with Crippen LogP contribution in [0, 0.1) is 5.82 Å². The number of pyridine rings is 1. The highest BCUT2D eigenvalue weighted by Gasteiger charge is 2.46. The Hall–Kier alpha value is -3.45. The van der Waals surface area contributed by atoms with Crippen molar-refractivity contribution in [2.24, 2.45) is 0 Å². The first-order chi connectivity index (χ1) is 17.0. The van der Waals surface area contributed by atoms with E-state index in [2.05, 4.69) is 20.3 Å². The number of sulfonamides is 1. The van der Waals surface area contributed by atoms with Gasteiger partial charge in [-0.2, -0.15) is 13.1 Å². The molecule has 1 aliphatic rings. The van der Waals surface area contributed by atoms with E-state index in [4.69, 9.17) is 0 Å². The van der Waals surface area contributed by atoms with Crippen LogP contribution >= 0.6 is 0 Å². The molecule has 1 fully saturated rings. The second kappa shape index (κ2) is 9.90. The number of nitrogens with one attached hydrogen (secondary N) is 1. The first kappa shape index (κ1) is 25.6. The molecular weight excluding hydrogens is 502 g/mol. The number of alkyl halides is 3. The van der Waals surface area contributed by atoms with Crippen molar-refractivity contribution in [1.82, 2.24) is 24.6 Å². The van der Waals surface area contributed by atoms with Gasteiger partial charge in [0.15, 0.2) is 5.82 Å². The van der Waals surface area contributed by atoms with Crippen LogP contribution in [0.4, 0.5) is 17.6 Å². The van der Waals surface area contributed by atoms with E-state index in [1.807, 2.05) is 0 Å². The lowest BCUT2D eigenvalue weighted by molar-refractivity contribution is -0.125. The maximum atomic E-state index is 14.6. The van der Waals surface area contributed by atoms with Gasteiger partial charge < -0.3 is 5.32 Å². The molecule has 0 unspecified atom stereocenters.